The molecule has 1 heterocycles. The fraction of sp³-hybridized carbons (Fsp3) is 0.182. The molecule has 2 rings (SSSR count). The van der Waals surface area contributed by atoms with Gasteiger partial charge in [0.05, 0.1) is 6.20 Å². The fourth-order valence-electron chi connectivity index (χ4n) is 1.34. The maximum absolute atomic E-state index is 13.0. The van der Waals surface area contributed by atoms with Crippen LogP contribution in [0.4, 0.5) is 10.2 Å². The van der Waals surface area contributed by atoms with Crippen molar-refractivity contribution < 1.29 is 9.13 Å². The van der Waals surface area contributed by atoms with Crippen LogP contribution in [0.2, 0.25) is 5.28 Å². The van der Waals surface area contributed by atoms with Crippen LogP contribution in [0, 0.1) is 6.42 Å². The van der Waals surface area contributed by atoms with Crippen LogP contribution >= 0.6 is 11.6 Å². The smallest absolute Gasteiger partial charge is 0.224 e. The van der Waals surface area contributed by atoms with E-state index in [1.54, 1.807) is 13.5 Å². The van der Waals surface area contributed by atoms with E-state index in [0.29, 0.717) is 23.7 Å². The molecule has 0 saturated carbocycles. The molecule has 1 radical (unpaired) electrons. The quantitative estimate of drug-likeness (QED) is 0.843. The van der Waals surface area contributed by atoms with E-state index in [0.717, 1.165) is 0 Å². The third-order valence-corrected chi connectivity index (χ3v) is 2.28. The van der Waals surface area contributed by atoms with E-state index in [1.807, 2.05) is 0 Å². The van der Waals surface area contributed by atoms with Crippen molar-refractivity contribution in [2.75, 3.05) is 12.4 Å². The molecule has 0 aromatic carbocycles. The summed E-state index contributed by atoms with van der Waals surface area (Å²) >= 11 is 5.65. The van der Waals surface area contributed by atoms with Gasteiger partial charge in [-0.2, -0.15) is 4.98 Å². The number of hydrogen-bond donors (Lipinski definition) is 1. The molecule has 17 heavy (non-hydrogen) atoms. The Hall–Kier alpha value is -1.62. The van der Waals surface area contributed by atoms with Crippen molar-refractivity contribution >= 4 is 17.4 Å². The highest BCUT2D eigenvalue weighted by Crippen LogP contribution is 2.27. The lowest BCUT2D eigenvalue weighted by Gasteiger charge is -2.13. The molecule has 0 fully saturated rings. The van der Waals surface area contributed by atoms with Crippen molar-refractivity contribution in [1.82, 2.24) is 9.97 Å². The van der Waals surface area contributed by atoms with Crippen molar-refractivity contribution in [3.05, 3.63) is 41.6 Å². The van der Waals surface area contributed by atoms with E-state index >= 15 is 0 Å². The van der Waals surface area contributed by atoms with Crippen molar-refractivity contribution in [2.24, 2.45) is 0 Å². The summed E-state index contributed by atoms with van der Waals surface area (Å²) in [6.45, 7) is 0. The second-order valence-corrected chi connectivity index (χ2v) is 3.62. The number of rotatable bonds is 3. The summed E-state index contributed by atoms with van der Waals surface area (Å²) in [6.07, 6.45) is 6.46. The van der Waals surface area contributed by atoms with Gasteiger partial charge in [-0.1, -0.05) is 0 Å². The number of ether oxygens (including phenoxy) is 1. The Balaban J connectivity index is 2.21. The van der Waals surface area contributed by atoms with Crippen molar-refractivity contribution in [3.63, 3.8) is 0 Å². The molecule has 0 spiro atoms. The van der Waals surface area contributed by atoms with Gasteiger partial charge in [0, 0.05) is 19.5 Å². The summed E-state index contributed by atoms with van der Waals surface area (Å²) in [6, 6.07) is 0. The minimum Gasteiger partial charge on any atom is -0.456 e. The summed E-state index contributed by atoms with van der Waals surface area (Å²) in [7, 11) is 1.69. The Morgan fingerprint density at radius 2 is 2.35 bits per heavy atom. The number of allylic oxidation sites excluding steroid dienone is 4. The Kier molecular flexibility index (Phi) is 3.58. The Bertz CT molecular complexity index is 488. The molecule has 89 valence electrons. The van der Waals surface area contributed by atoms with Gasteiger partial charge in [-0.05, 0) is 24.1 Å². The minimum atomic E-state index is -0.316. The van der Waals surface area contributed by atoms with Gasteiger partial charge in [0.25, 0.3) is 0 Å². The van der Waals surface area contributed by atoms with Crippen LogP contribution in [0.25, 0.3) is 0 Å². The lowest BCUT2D eigenvalue weighted by molar-refractivity contribution is 0.424. The molecule has 6 heteroatoms. The first-order valence-corrected chi connectivity index (χ1v) is 5.35. The van der Waals surface area contributed by atoms with Crippen LogP contribution in [0.15, 0.2) is 29.9 Å². The second-order valence-electron chi connectivity index (χ2n) is 3.28. The average molecular weight is 255 g/mol. The molecule has 0 bridgehead atoms. The fourth-order valence-corrected chi connectivity index (χ4v) is 1.48. The molecule has 1 N–H and O–H groups in total. The highest BCUT2D eigenvalue weighted by atomic mass is 35.5. The molecule has 0 saturated heterocycles. The second kappa shape index (κ2) is 5.14. The molecule has 0 atom stereocenters. The standard InChI is InChI=1S/C11H10ClFN3O/c1-14-10-9(6-15-11(12)16-10)17-8-4-2-3-7(13)5-8/h3-6H,2H2,1H3,(H,14,15,16). The maximum atomic E-state index is 13.0. The molecule has 1 aliphatic carbocycles. The normalized spacial score (nSPS) is 15.0. The van der Waals surface area contributed by atoms with Gasteiger partial charge in [0.15, 0.2) is 11.6 Å². The largest absolute Gasteiger partial charge is 0.456 e. The van der Waals surface area contributed by atoms with Crippen molar-refractivity contribution in [1.29, 1.82) is 0 Å². The topological polar surface area (TPSA) is 47.0 Å². The van der Waals surface area contributed by atoms with E-state index in [2.05, 4.69) is 15.3 Å². The molecule has 1 aromatic heterocycles. The van der Waals surface area contributed by atoms with Crippen LogP contribution in [-0.4, -0.2) is 17.0 Å². The van der Waals surface area contributed by atoms with Crippen LogP contribution in [0.1, 0.15) is 6.42 Å². The van der Waals surface area contributed by atoms with Gasteiger partial charge in [-0.25, -0.2) is 9.37 Å². The van der Waals surface area contributed by atoms with Crippen LogP contribution < -0.4 is 10.1 Å². The summed E-state index contributed by atoms with van der Waals surface area (Å²) in [5.74, 6) is 0.958. The maximum Gasteiger partial charge on any atom is 0.224 e. The Morgan fingerprint density at radius 3 is 3.06 bits per heavy atom. The molecule has 0 amide bonds. The lowest BCUT2D eigenvalue weighted by atomic mass is 10.1. The number of hydrogen-bond acceptors (Lipinski definition) is 4. The van der Waals surface area contributed by atoms with Crippen molar-refractivity contribution in [3.8, 4) is 5.75 Å². The van der Waals surface area contributed by atoms with E-state index < -0.39 is 0 Å². The highest BCUT2D eigenvalue weighted by molar-refractivity contribution is 6.28. The van der Waals surface area contributed by atoms with Gasteiger partial charge in [-0.3, -0.25) is 0 Å². The first-order chi connectivity index (χ1) is 8.19. The zero-order valence-electron chi connectivity index (χ0n) is 9.08. The zero-order valence-corrected chi connectivity index (χ0v) is 9.83. The third kappa shape index (κ3) is 2.94. The molecular weight excluding hydrogens is 245 g/mol. The first kappa shape index (κ1) is 11.9. The monoisotopic (exact) mass is 254 g/mol. The van der Waals surface area contributed by atoms with Crippen LogP contribution in [0.3, 0.4) is 0 Å². The van der Waals surface area contributed by atoms with Crippen LogP contribution in [-0.2, 0) is 0 Å². The summed E-state index contributed by atoms with van der Waals surface area (Å²) in [5.41, 5.74) is 0. The molecule has 1 aliphatic rings. The average Bonchev–Trinajstić information content (AvgIpc) is 2.31. The van der Waals surface area contributed by atoms with Gasteiger partial charge in [0.2, 0.25) is 5.28 Å². The molecule has 1 aromatic rings. The summed E-state index contributed by atoms with van der Waals surface area (Å²) in [4.78, 5) is 7.76. The first-order valence-electron chi connectivity index (χ1n) is 4.98. The predicted molar refractivity (Wildman–Crippen MR) is 63.4 cm³/mol. The highest BCUT2D eigenvalue weighted by Gasteiger charge is 2.12. The van der Waals surface area contributed by atoms with E-state index in [-0.39, 0.29) is 11.1 Å². The van der Waals surface area contributed by atoms with E-state index in [4.69, 9.17) is 16.3 Å². The number of halogens is 2. The van der Waals surface area contributed by atoms with Gasteiger partial charge < -0.3 is 10.1 Å². The van der Waals surface area contributed by atoms with Gasteiger partial charge in [0.1, 0.15) is 11.6 Å². The van der Waals surface area contributed by atoms with Gasteiger partial charge in [-0.15, -0.1) is 0 Å². The Morgan fingerprint density at radius 1 is 1.53 bits per heavy atom. The number of nitrogens with one attached hydrogen (secondary N) is 1. The van der Waals surface area contributed by atoms with Gasteiger partial charge >= 0.3 is 0 Å². The molecule has 0 aliphatic heterocycles. The van der Waals surface area contributed by atoms with E-state index in [9.17, 15) is 4.39 Å². The SMILES string of the molecule is CNc1nc(Cl)ncc1OC1=CC(F)=CC[CH]1. The summed E-state index contributed by atoms with van der Waals surface area (Å²) in [5, 5.41) is 2.95. The summed E-state index contributed by atoms with van der Waals surface area (Å²) < 4.78 is 18.5. The molecular formula is C11H10ClFN3O. The van der Waals surface area contributed by atoms with Crippen molar-refractivity contribution in [2.45, 2.75) is 6.42 Å². The number of nitrogens with zero attached hydrogens (tertiary/aromatic N) is 2. The zero-order chi connectivity index (χ0) is 12.3. The minimum absolute atomic E-state index is 0.120. The molecule has 0 unspecified atom stereocenters. The number of anilines is 1. The Labute approximate surface area is 103 Å². The number of aromatic nitrogens is 2. The van der Waals surface area contributed by atoms with E-state index in [1.165, 1.54) is 18.3 Å². The lowest BCUT2D eigenvalue weighted by Crippen LogP contribution is -2.04. The van der Waals surface area contributed by atoms with Crippen LogP contribution in [0.5, 0.6) is 5.75 Å². The predicted octanol–water partition coefficient (Wildman–Crippen LogP) is 2.90. The molecule has 4 nitrogen and oxygen atoms in total. The third-order valence-electron chi connectivity index (χ3n) is 2.10.